The van der Waals surface area contributed by atoms with Gasteiger partial charge in [0.2, 0.25) is 0 Å². The number of ether oxygens (including phenoxy) is 1. The summed E-state index contributed by atoms with van der Waals surface area (Å²) in [6.45, 7) is 4.06. The lowest BCUT2D eigenvalue weighted by Gasteiger charge is -2.39. The van der Waals surface area contributed by atoms with Crippen molar-refractivity contribution >= 4 is 5.69 Å². The first kappa shape index (κ1) is 10.4. The third-order valence-electron chi connectivity index (χ3n) is 2.62. The van der Waals surface area contributed by atoms with Gasteiger partial charge in [-0.1, -0.05) is 0 Å². The van der Waals surface area contributed by atoms with E-state index in [-0.39, 0.29) is 0 Å². The number of methoxy groups -OCH3 is 1. The number of pyridine rings is 1. The second kappa shape index (κ2) is 5.09. The Hall–Kier alpha value is -1.13. The fourth-order valence-corrected chi connectivity index (χ4v) is 1.75. The lowest BCUT2D eigenvalue weighted by molar-refractivity contribution is 0.102. The van der Waals surface area contributed by atoms with E-state index in [0.717, 1.165) is 31.9 Å². The summed E-state index contributed by atoms with van der Waals surface area (Å²) in [5, 5.41) is 3.46. The minimum atomic E-state index is 0.573. The summed E-state index contributed by atoms with van der Waals surface area (Å²) in [5.41, 5.74) is 1.15. The van der Waals surface area contributed by atoms with Crippen LogP contribution in [0.1, 0.15) is 0 Å². The van der Waals surface area contributed by atoms with Gasteiger partial charge in [-0.05, 0) is 12.1 Å². The van der Waals surface area contributed by atoms with Gasteiger partial charge in [-0.15, -0.1) is 0 Å². The summed E-state index contributed by atoms with van der Waals surface area (Å²) >= 11 is 0. The fraction of sp³-hybridized carbons (Fsp3) is 0.545. The lowest BCUT2D eigenvalue weighted by atomic mass is 10.1. The van der Waals surface area contributed by atoms with E-state index in [1.54, 1.807) is 7.11 Å². The van der Waals surface area contributed by atoms with Crippen LogP contribution in [0.3, 0.4) is 0 Å². The lowest BCUT2D eigenvalue weighted by Crippen LogP contribution is -2.55. The molecule has 2 heterocycles. The standard InChI is InChI=1S/C11H17N3O/c1-15-7-6-14-8-11(9-14)13-10-2-4-12-5-3-10/h2-5,11H,6-9H2,1H3,(H,12,13). The molecule has 2 rings (SSSR count). The number of nitrogens with one attached hydrogen (secondary N) is 1. The number of hydrogen-bond donors (Lipinski definition) is 1. The van der Waals surface area contributed by atoms with Gasteiger partial charge in [0, 0.05) is 44.8 Å². The Labute approximate surface area is 90.3 Å². The van der Waals surface area contributed by atoms with Crippen LogP contribution in [0.25, 0.3) is 0 Å². The molecule has 0 saturated carbocycles. The van der Waals surface area contributed by atoms with Gasteiger partial charge in [-0.25, -0.2) is 0 Å². The summed E-state index contributed by atoms with van der Waals surface area (Å²) in [6.07, 6.45) is 3.62. The van der Waals surface area contributed by atoms with Gasteiger partial charge < -0.3 is 10.1 Å². The Bertz CT molecular complexity index is 285. The van der Waals surface area contributed by atoms with E-state index in [1.807, 2.05) is 24.5 Å². The number of hydrogen-bond acceptors (Lipinski definition) is 4. The Balaban J connectivity index is 1.68. The highest BCUT2D eigenvalue weighted by Gasteiger charge is 2.25. The van der Waals surface area contributed by atoms with Crippen molar-refractivity contribution in [2.45, 2.75) is 6.04 Å². The highest BCUT2D eigenvalue weighted by atomic mass is 16.5. The van der Waals surface area contributed by atoms with Crippen LogP contribution in [0.4, 0.5) is 5.69 Å². The van der Waals surface area contributed by atoms with Crippen LogP contribution in [0.2, 0.25) is 0 Å². The predicted molar refractivity (Wildman–Crippen MR) is 60.0 cm³/mol. The van der Waals surface area contributed by atoms with E-state index in [2.05, 4.69) is 15.2 Å². The normalized spacial score (nSPS) is 17.4. The van der Waals surface area contributed by atoms with Crippen molar-refractivity contribution in [3.05, 3.63) is 24.5 Å². The van der Waals surface area contributed by atoms with Crippen LogP contribution in [0, 0.1) is 0 Å². The maximum Gasteiger partial charge on any atom is 0.0589 e. The summed E-state index contributed by atoms with van der Waals surface area (Å²) in [7, 11) is 1.74. The molecule has 0 spiro atoms. The van der Waals surface area contributed by atoms with Gasteiger partial charge >= 0.3 is 0 Å². The maximum absolute atomic E-state index is 5.03. The predicted octanol–water partition coefficient (Wildman–Crippen LogP) is 0.824. The maximum atomic E-state index is 5.03. The van der Waals surface area contributed by atoms with Gasteiger partial charge in [0.25, 0.3) is 0 Å². The Morgan fingerprint density at radius 3 is 2.87 bits per heavy atom. The summed E-state index contributed by atoms with van der Waals surface area (Å²) < 4.78 is 5.03. The average Bonchev–Trinajstić information content (AvgIpc) is 2.23. The number of rotatable bonds is 5. The molecular formula is C11H17N3O. The molecule has 4 nitrogen and oxygen atoms in total. The third-order valence-corrected chi connectivity index (χ3v) is 2.62. The molecule has 0 unspecified atom stereocenters. The second-order valence-corrected chi connectivity index (χ2v) is 3.83. The van der Waals surface area contributed by atoms with E-state index in [0.29, 0.717) is 6.04 Å². The van der Waals surface area contributed by atoms with Crippen LogP contribution >= 0.6 is 0 Å². The minimum Gasteiger partial charge on any atom is -0.383 e. The molecule has 4 heteroatoms. The summed E-state index contributed by atoms with van der Waals surface area (Å²) in [6, 6.07) is 4.57. The molecule has 0 aliphatic carbocycles. The first-order chi connectivity index (χ1) is 7.38. The number of nitrogens with zero attached hydrogens (tertiary/aromatic N) is 2. The van der Waals surface area contributed by atoms with Gasteiger partial charge in [0.1, 0.15) is 0 Å². The molecule has 0 radical (unpaired) electrons. The van der Waals surface area contributed by atoms with Gasteiger partial charge in [0.05, 0.1) is 12.6 Å². The van der Waals surface area contributed by atoms with Crippen molar-refractivity contribution < 1.29 is 4.74 Å². The Morgan fingerprint density at radius 1 is 1.47 bits per heavy atom. The van der Waals surface area contributed by atoms with Crippen LogP contribution in [-0.4, -0.2) is 49.3 Å². The molecule has 0 atom stereocenters. The van der Waals surface area contributed by atoms with Gasteiger partial charge in [0.15, 0.2) is 0 Å². The Kier molecular flexibility index (Phi) is 3.53. The SMILES string of the molecule is COCCN1CC(Nc2ccncc2)C1. The quantitative estimate of drug-likeness (QED) is 0.776. The van der Waals surface area contributed by atoms with Crippen molar-refractivity contribution in [1.82, 2.24) is 9.88 Å². The van der Waals surface area contributed by atoms with Crippen LogP contribution in [-0.2, 0) is 4.74 Å². The fourth-order valence-electron chi connectivity index (χ4n) is 1.75. The Morgan fingerprint density at radius 2 is 2.20 bits per heavy atom. The van der Waals surface area contributed by atoms with Crippen molar-refractivity contribution in [1.29, 1.82) is 0 Å². The first-order valence-corrected chi connectivity index (χ1v) is 5.26. The molecule has 1 aromatic heterocycles. The molecule has 1 saturated heterocycles. The molecule has 82 valence electrons. The number of likely N-dealkylation sites (tertiary alicyclic amines) is 1. The minimum absolute atomic E-state index is 0.573. The molecule has 0 bridgehead atoms. The van der Waals surface area contributed by atoms with Crippen molar-refractivity contribution in [2.24, 2.45) is 0 Å². The highest BCUT2D eigenvalue weighted by molar-refractivity contribution is 5.42. The molecule has 1 fully saturated rings. The second-order valence-electron chi connectivity index (χ2n) is 3.83. The molecule has 1 aliphatic rings. The molecule has 0 amide bonds. The molecule has 1 N–H and O–H groups in total. The van der Waals surface area contributed by atoms with Crippen molar-refractivity contribution in [2.75, 3.05) is 38.7 Å². The molecule has 0 aromatic carbocycles. The van der Waals surface area contributed by atoms with Crippen LogP contribution < -0.4 is 5.32 Å². The van der Waals surface area contributed by atoms with E-state index in [4.69, 9.17) is 4.74 Å². The monoisotopic (exact) mass is 207 g/mol. The molecule has 1 aromatic rings. The largest absolute Gasteiger partial charge is 0.383 e. The number of anilines is 1. The molecule has 15 heavy (non-hydrogen) atoms. The van der Waals surface area contributed by atoms with Gasteiger partial charge in [-0.2, -0.15) is 0 Å². The molecule has 1 aliphatic heterocycles. The zero-order valence-electron chi connectivity index (χ0n) is 9.02. The van der Waals surface area contributed by atoms with Crippen LogP contribution in [0.5, 0.6) is 0 Å². The zero-order valence-corrected chi connectivity index (χ0v) is 9.02. The average molecular weight is 207 g/mol. The number of aromatic nitrogens is 1. The van der Waals surface area contributed by atoms with E-state index >= 15 is 0 Å². The smallest absolute Gasteiger partial charge is 0.0589 e. The summed E-state index contributed by atoms with van der Waals surface area (Å²) in [4.78, 5) is 6.36. The third kappa shape index (κ3) is 2.91. The molecular weight excluding hydrogens is 190 g/mol. The van der Waals surface area contributed by atoms with Crippen molar-refractivity contribution in [3.63, 3.8) is 0 Å². The van der Waals surface area contributed by atoms with Crippen LogP contribution in [0.15, 0.2) is 24.5 Å². The highest BCUT2D eigenvalue weighted by Crippen LogP contribution is 2.13. The van der Waals surface area contributed by atoms with Crippen molar-refractivity contribution in [3.8, 4) is 0 Å². The van der Waals surface area contributed by atoms with E-state index < -0.39 is 0 Å². The van der Waals surface area contributed by atoms with Gasteiger partial charge in [-0.3, -0.25) is 9.88 Å². The zero-order chi connectivity index (χ0) is 10.5. The first-order valence-electron chi connectivity index (χ1n) is 5.26. The topological polar surface area (TPSA) is 37.4 Å². The van der Waals surface area contributed by atoms with E-state index in [1.165, 1.54) is 0 Å². The van der Waals surface area contributed by atoms with E-state index in [9.17, 15) is 0 Å². The summed E-state index contributed by atoms with van der Waals surface area (Å²) in [5.74, 6) is 0.